The molecule has 0 saturated carbocycles. The van der Waals surface area contributed by atoms with Gasteiger partial charge in [0.25, 0.3) is 0 Å². The number of ether oxygens (including phenoxy) is 2. The fourth-order valence-corrected chi connectivity index (χ4v) is 1.53. The second-order valence-corrected chi connectivity index (χ2v) is 4.04. The highest BCUT2D eigenvalue weighted by atomic mass is 16.7. The van der Waals surface area contributed by atoms with E-state index in [1.54, 1.807) is 12.1 Å². The second kappa shape index (κ2) is 6.39. The monoisotopic (exact) mass is 233 g/mol. The average Bonchev–Trinajstić information content (AvgIpc) is 2.79. The van der Waals surface area contributed by atoms with E-state index in [-0.39, 0.29) is 0 Å². The van der Waals surface area contributed by atoms with Gasteiger partial charge in [0.15, 0.2) is 5.79 Å². The Morgan fingerprint density at radius 2 is 1.65 bits per heavy atom. The summed E-state index contributed by atoms with van der Waals surface area (Å²) in [6, 6.07) is 9.34. The summed E-state index contributed by atoms with van der Waals surface area (Å²) in [4.78, 5) is 0. The first-order valence-corrected chi connectivity index (χ1v) is 5.94. The number of benzene rings is 1. The number of hydrogen-bond donors (Lipinski definition) is 0. The molecule has 0 bridgehead atoms. The second-order valence-electron chi connectivity index (χ2n) is 4.04. The smallest absolute Gasteiger partial charge is 0.192 e. The van der Waals surface area contributed by atoms with Gasteiger partial charge in [0.2, 0.25) is 0 Å². The maximum absolute atomic E-state index is 8.65. The van der Waals surface area contributed by atoms with Crippen LogP contribution < -0.4 is 0 Å². The molecule has 3 nitrogen and oxygen atoms in total. The van der Waals surface area contributed by atoms with E-state index in [1.165, 1.54) is 6.42 Å². The zero-order valence-corrected chi connectivity index (χ0v) is 10.7. The lowest BCUT2D eigenvalue weighted by atomic mass is 10.1. The van der Waals surface area contributed by atoms with Gasteiger partial charge in [-0.3, -0.25) is 0 Å². The molecule has 2 rings (SSSR count). The summed E-state index contributed by atoms with van der Waals surface area (Å²) in [6.45, 7) is 7.38. The number of hydrogen-bond acceptors (Lipinski definition) is 3. The van der Waals surface area contributed by atoms with Gasteiger partial charge in [0.1, 0.15) is 0 Å². The molecule has 1 aromatic rings. The Morgan fingerprint density at radius 1 is 1.18 bits per heavy atom. The van der Waals surface area contributed by atoms with E-state index in [1.807, 2.05) is 19.1 Å². The predicted molar refractivity (Wildman–Crippen MR) is 66.4 cm³/mol. The number of nitriles is 1. The van der Waals surface area contributed by atoms with Crippen LogP contribution in [0.5, 0.6) is 0 Å². The molecule has 0 radical (unpaired) electrons. The van der Waals surface area contributed by atoms with Crippen molar-refractivity contribution in [1.82, 2.24) is 0 Å². The first-order chi connectivity index (χ1) is 8.16. The molecule has 1 heterocycles. The van der Waals surface area contributed by atoms with Crippen LogP contribution in [0.15, 0.2) is 24.3 Å². The lowest BCUT2D eigenvalue weighted by Crippen LogP contribution is -2.22. The highest BCUT2D eigenvalue weighted by molar-refractivity contribution is 5.33. The minimum Gasteiger partial charge on any atom is -0.344 e. The molecular formula is C14H19NO2. The highest BCUT2D eigenvalue weighted by Crippen LogP contribution is 2.30. The van der Waals surface area contributed by atoms with E-state index in [4.69, 9.17) is 14.7 Å². The van der Waals surface area contributed by atoms with Gasteiger partial charge in [0, 0.05) is 5.56 Å². The molecule has 0 amide bonds. The fraction of sp³-hybridized carbons (Fsp3) is 0.500. The van der Waals surface area contributed by atoms with Crippen molar-refractivity contribution in [2.24, 2.45) is 0 Å². The molecule has 1 saturated heterocycles. The van der Waals surface area contributed by atoms with Gasteiger partial charge >= 0.3 is 0 Å². The first kappa shape index (κ1) is 13.7. The van der Waals surface area contributed by atoms with Crippen LogP contribution in [0.1, 0.15) is 38.3 Å². The minimum atomic E-state index is -0.631. The topological polar surface area (TPSA) is 42.2 Å². The highest BCUT2D eigenvalue weighted by Gasteiger charge is 2.32. The summed E-state index contributed by atoms with van der Waals surface area (Å²) in [6.07, 6.45) is 1.25. The zero-order chi connectivity index (χ0) is 12.7. The summed E-state index contributed by atoms with van der Waals surface area (Å²) in [5.74, 6) is -0.631. The van der Waals surface area contributed by atoms with Crippen LogP contribution in [0.2, 0.25) is 0 Å². The summed E-state index contributed by atoms with van der Waals surface area (Å²) >= 11 is 0. The third-order valence-electron chi connectivity index (χ3n) is 2.38. The van der Waals surface area contributed by atoms with Gasteiger partial charge in [-0.1, -0.05) is 32.4 Å². The standard InChI is InChI=1S/C11H11NO2.C3H8/c1-11(13-6-7-14-11)10-4-2-9(8-12)3-5-10;1-3-2/h2-5H,6-7H2,1H3;3H2,1-2H3. The third-order valence-corrected chi connectivity index (χ3v) is 2.38. The van der Waals surface area contributed by atoms with Crippen molar-refractivity contribution in [3.8, 4) is 6.07 Å². The Balaban J connectivity index is 0.000000437. The third kappa shape index (κ3) is 3.55. The summed E-state index contributed by atoms with van der Waals surface area (Å²) in [5.41, 5.74) is 1.60. The Hall–Kier alpha value is -1.37. The molecule has 1 aliphatic heterocycles. The quantitative estimate of drug-likeness (QED) is 0.748. The average molecular weight is 233 g/mol. The van der Waals surface area contributed by atoms with Crippen molar-refractivity contribution in [2.45, 2.75) is 33.0 Å². The van der Waals surface area contributed by atoms with Crippen molar-refractivity contribution in [1.29, 1.82) is 5.26 Å². The van der Waals surface area contributed by atoms with Crippen LogP contribution in [0.4, 0.5) is 0 Å². The molecule has 0 N–H and O–H groups in total. The van der Waals surface area contributed by atoms with Crippen LogP contribution in [-0.2, 0) is 15.3 Å². The minimum absolute atomic E-state index is 0.622. The Bertz CT molecular complexity index is 372. The van der Waals surface area contributed by atoms with Crippen LogP contribution in [0.25, 0.3) is 0 Å². The molecule has 92 valence electrons. The molecule has 1 aliphatic rings. The SMILES string of the molecule is CC1(c2ccc(C#N)cc2)OCCO1.CCC. The fourth-order valence-electron chi connectivity index (χ4n) is 1.53. The van der Waals surface area contributed by atoms with E-state index >= 15 is 0 Å². The van der Waals surface area contributed by atoms with Crippen molar-refractivity contribution in [3.05, 3.63) is 35.4 Å². The van der Waals surface area contributed by atoms with Crippen molar-refractivity contribution >= 4 is 0 Å². The summed E-state index contributed by atoms with van der Waals surface area (Å²) in [5, 5.41) is 8.65. The molecule has 1 fully saturated rings. The van der Waals surface area contributed by atoms with Crippen molar-refractivity contribution in [3.63, 3.8) is 0 Å². The van der Waals surface area contributed by atoms with Crippen LogP contribution >= 0.6 is 0 Å². The largest absolute Gasteiger partial charge is 0.344 e. The first-order valence-electron chi connectivity index (χ1n) is 5.94. The van der Waals surface area contributed by atoms with Crippen molar-refractivity contribution in [2.75, 3.05) is 13.2 Å². The molecule has 17 heavy (non-hydrogen) atoms. The van der Waals surface area contributed by atoms with Gasteiger partial charge in [-0.15, -0.1) is 0 Å². The van der Waals surface area contributed by atoms with E-state index in [9.17, 15) is 0 Å². The summed E-state index contributed by atoms with van der Waals surface area (Å²) < 4.78 is 11.0. The molecular weight excluding hydrogens is 214 g/mol. The lowest BCUT2D eigenvalue weighted by Gasteiger charge is -2.22. The molecule has 1 aromatic carbocycles. The maximum Gasteiger partial charge on any atom is 0.192 e. The van der Waals surface area contributed by atoms with E-state index in [2.05, 4.69) is 19.9 Å². The van der Waals surface area contributed by atoms with Gasteiger partial charge in [0.05, 0.1) is 24.8 Å². The lowest BCUT2D eigenvalue weighted by molar-refractivity contribution is -0.149. The van der Waals surface area contributed by atoms with Crippen molar-refractivity contribution < 1.29 is 9.47 Å². The van der Waals surface area contributed by atoms with Crippen LogP contribution in [-0.4, -0.2) is 13.2 Å². The number of rotatable bonds is 1. The zero-order valence-electron chi connectivity index (χ0n) is 10.7. The molecule has 0 aromatic heterocycles. The Kier molecular flexibility index (Phi) is 5.14. The number of nitrogens with zero attached hydrogens (tertiary/aromatic N) is 1. The van der Waals surface area contributed by atoms with Gasteiger partial charge in [-0.05, 0) is 19.1 Å². The van der Waals surface area contributed by atoms with E-state index < -0.39 is 5.79 Å². The van der Waals surface area contributed by atoms with Gasteiger partial charge in [-0.25, -0.2) is 0 Å². The van der Waals surface area contributed by atoms with Gasteiger partial charge in [-0.2, -0.15) is 5.26 Å². The molecule has 0 unspecified atom stereocenters. The van der Waals surface area contributed by atoms with Gasteiger partial charge < -0.3 is 9.47 Å². The molecule has 0 aliphatic carbocycles. The Labute approximate surface area is 103 Å². The van der Waals surface area contributed by atoms with E-state index in [0.29, 0.717) is 18.8 Å². The molecule has 3 heteroatoms. The van der Waals surface area contributed by atoms with Crippen LogP contribution in [0, 0.1) is 11.3 Å². The Morgan fingerprint density at radius 3 is 2.06 bits per heavy atom. The maximum atomic E-state index is 8.65. The predicted octanol–water partition coefficient (Wildman–Crippen LogP) is 3.19. The van der Waals surface area contributed by atoms with E-state index in [0.717, 1.165) is 5.56 Å². The molecule has 0 spiro atoms. The summed E-state index contributed by atoms with van der Waals surface area (Å²) in [7, 11) is 0. The molecule has 0 atom stereocenters. The van der Waals surface area contributed by atoms with Crippen LogP contribution in [0.3, 0.4) is 0 Å². The normalized spacial score (nSPS) is 16.8.